The third-order valence-corrected chi connectivity index (χ3v) is 4.00. The molecule has 0 saturated carbocycles. The van der Waals surface area contributed by atoms with Crippen molar-refractivity contribution in [3.05, 3.63) is 0 Å². The van der Waals surface area contributed by atoms with Gasteiger partial charge in [0.05, 0.1) is 6.04 Å². The van der Waals surface area contributed by atoms with Gasteiger partial charge >= 0.3 is 0 Å². The third-order valence-electron chi connectivity index (χ3n) is 4.00. The number of piperidine rings is 1. The Morgan fingerprint density at radius 2 is 2.05 bits per heavy atom. The zero-order valence-corrected chi connectivity index (χ0v) is 13.0. The molecule has 19 heavy (non-hydrogen) atoms. The highest BCUT2D eigenvalue weighted by atomic mass is 16.2. The van der Waals surface area contributed by atoms with Crippen LogP contribution in [-0.4, -0.2) is 49.6 Å². The lowest BCUT2D eigenvalue weighted by Crippen LogP contribution is -2.49. The number of amides is 1. The molecule has 1 amide bonds. The van der Waals surface area contributed by atoms with Crippen LogP contribution in [0.15, 0.2) is 0 Å². The molecule has 0 aromatic carbocycles. The fourth-order valence-electron chi connectivity index (χ4n) is 2.44. The van der Waals surface area contributed by atoms with E-state index in [1.807, 2.05) is 6.92 Å². The molecule has 2 atom stereocenters. The average Bonchev–Trinajstić information content (AvgIpc) is 2.36. The number of nitrogens with one attached hydrogen (secondary N) is 2. The molecule has 1 aliphatic heterocycles. The second-order valence-corrected chi connectivity index (χ2v) is 6.23. The van der Waals surface area contributed by atoms with Crippen LogP contribution in [0, 0.1) is 5.92 Å². The minimum atomic E-state index is -0.0949. The third kappa shape index (κ3) is 6.39. The highest BCUT2D eigenvalue weighted by Crippen LogP contribution is 2.14. The van der Waals surface area contributed by atoms with E-state index in [0.29, 0.717) is 12.0 Å². The molecule has 0 aromatic rings. The van der Waals surface area contributed by atoms with Crippen LogP contribution in [0.1, 0.15) is 46.5 Å². The highest BCUT2D eigenvalue weighted by molar-refractivity contribution is 5.81. The summed E-state index contributed by atoms with van der Waals surface area (Å²) in [6.45, 7) is 9.18. The fraction of sp³-hybridized carbons (Fsp3) is 0.933. The second-order valence-electron chi connectivity index (χ2n) is 6.23. The van der Waals surface area contributed by atoms with E-state index in [1.54, 1.807) is 0 Å². The summed E-state index contributed by atoms with van der Waals surface area (Å²) in [5.74, 6) is 0.763. The zero-order valence-electron chi connectivity index (χ0n) is 13.0. The van der Waals surface area contributed by atoms with Gasteiger partial charge in [0.15, 0.2) is 0 Å². The molecule has 0 bridgehead atoms. The van der Waals surface area contributed by atoms with Crippen molar-refractivity contribution in [1.29, 1.82) is 0 Å². The summed E-state index contributed by atoms with van der Waals surface area (Å²) in [5, 5.41) is 6.36. The minimum Gasteiger partial charge on any atom is -0.355 e. The van der Waals surface area contributed by atoms with Crippen molar-refractivity contribution in [1.82, 2.24) is 15.5 Å². The van der Waals surface area contributed by atoms with Gasteiger partial charge in [-0.15, -0.1) is 0 Å². The SMILES string of the molecule is CC(C)CCNC(=O)C(C)NCC1CCCCN1C. The van der Waals surface area contributed by atoms with Gasteiger partial charge in [-0.3, -0.25) is 4.79 Å². The van der Waals surface area contributed by atoms with E-state index in [1.165, 1.54) is 25.8 Å². The first-order chi connectivity index (χ1) is 9.00. The summed E-state index contributed by atoms with van der Waals surface area (Å²) < 4.78 is 0. The first-order valence-corrected chi connectivity index (χ1v) is 7.72. The molecule has 4 nitrogen and oxygen atoms in total. The average molecular weight is 269 g/mol. The van der Waals surface area contributed by atoms with E-state index in [9.17, 15) is 4.79 Å². The van der Waals surface area contributed by atoms with E-state index in [2.05, 4.69) is 36.4 Å². The van der Waals surface area contributed by atoms with Gasteiger partial charge in [-0.25, -0.2) is 0 Å². The molecule has 1 saturated heterocycles. The first-order valence-electron chi connectivity index (χ1n) is 7.72. The number of hydrogen-bond donors (Lipinski definition) is 2. The molecule has 0 radical (unpaired) electrons. The predicted molar refractivity (Wildman–Crippen MR) is 80.2 cm³/mol. The van der Waals surface area contributed by atoms with E-state index in [-0.39, 0.29) is 11.9 Å². The van der Waals surface area contributed by atoms with Gasteiger partial charge in [0.25, 0.3) is 0 Å². The normalized spacial score (nSPS) is 22.5. The molecule has 2 N–H and O–H groups in total. The van der Waals surface area contributed by atoms with Crippen LogP contribution in [-0.2, 0) is 4.79 Å². The second kappa shape index (κ2) is 8.54. The molecular formula is C15H31N3O. The van der Waals surface area contributed by atoms with Gasteiger partial charge in [-0.05, 0) is 45.7 Å². The molecule has 1 rings (SSSR count). The Labute approximate surface area is 118 Å². The Balaban J connectivity index is 2.18. The van der Waals surface area contributed by atoms with E-state index in [4.69, 9.17) is 0 Å². The van der Waals surface area contributed by atoms with Crippen molar-refractivity contribution >= 4 is 5.91 Å². The maximum Gasteiger partial charge on any atom is 0.236 e. The van der Waals surface area contributed by atoms with Gasteiger partial charge in [0.1, 0.15) is 0 Å². The molecule has 1 fully saturated rings. The highest BCUT2D eigenvalue weighted by Gasteiger charge is 2.20. The molecule has 0 aliphatic carbocycles. The number of hydrogen-bond acceptors (Lipinski definition) is 3. The number of rotatable bonds is 7. The van der Waals surface area contributed by atoms with Crippen molar-refractivity contribution in [2.45, 2.75) is 58.5 Å². The molecular weight excluding hydrogens is 238 g/mol. The smallest absolute Gasteiger partial charge is 0.236 e. The predicted octanol–water partition coefficient (Wildman–Crippen LogP) is 1.61. The summed E-state index contributed by atoms with van der Waals surface area (Å²) in [6, 6.07) is 0.488. The minimum absolute atomic E-state index is 0.0949. The first kappa shape index (κ1) is 16.4. The number of likely N-dealkylation sites (tertiary alicyclic amines) is 1. The summed E-state index contributed by atoms with van der Waals surface area (Å²) >= 11 is 0. The van der Waals surface area contributed by atoms with E-state index >= 15 is 0 Å². The van der Waals surface area contributed by atoms with Crippen LogP contribution in [0.5, 0.6) is 0 Å². The maximum atomic E-state index is 11.9. The van der Waals surface area contributed by atoms with Crippen LogP contribution in [0.25, 0.3) is 0 Å². The molecule has 1 heterocycles. The van der Waals surface area contributed by atoms with E-state index < -0.39 is 0 Å². The van der Waals surface area contributed by atoms with Crippen LogP contribution >= 0.6 is 0 Å². The number of likely N-dealkylation sites (N-methyl/N-ethyl adjacent to an activating group) is 1. The van der Waals surface area contributed by atoms with Gasteiger partial charge < -0.3 is 15.5 Å². The Morgan fingerprint density at radius 3 is 2.68 bits per heavy atom. The summed E-state index contributed by atoms with van der Waals surface area (Å²) in [4.78, 5) is 14.3. The molecule has 1 aliphatic rings. The lowest BCUT2D eigenvalue weighted by Gasteiger charge is -2.33. The van der Waals surface area contributed by atoms with Crippen LogP contribution < -0.4 is 10.6 Å². The number of carbonyl (C=O) groups excluding carboxylic acids is 1. The van der Waals surface area contributed by atoms with Gasteiger partial charge in [-0.2, -0.15) is 0 Å². The maximum absolute atomic E-state index is 11.9. The Kier molecular flexibility index (Phi) is 7.39. The number of carbonyl (C=O) groups is 1. The van der Waals surface area contributed by atoms with Crippen LogP contribution in [0.3, 0.4) is 0 Å². The zero-order chi connectivity index (χ0) is 14.3. The van der Waals surface area contributed by atoms with Crippen LogP contribution in [0.4, 0.5) is 0 Å². The van der Waals surface area contributed by atoms with Gasteiger partial charge in [-0.1, -0.05) is 20.3 Å². The molecule has 112 valence electrons. The van der Waals surface area contributed by atoms with Gasteiger partial charge in [0, 0.05) is 19.1 Å². The van der Waals surface area contributed by atoms with Crippen LogP contribution in [0.2, 0.25) is 0 Å². The summed E-state index contributed by atoms with van der Waals surface area (Å²) in [5.41, 5.74) is 0. The standard InChI is InChI=1S/C15H31N3O/c1-12(2)8-9-16-15(19)13(3)17-11-14-7-5-6-10-18(14)4/h12-14,17H,5-11H2,1-4H3,(H,16,19). The quantitative estimate of drug-likeness (QED) is 0.738. The lowest BCUT2D eigenvalue weighted by molar-refractivity contribution is -0.122. The van der Waals surface area contributed by atoms with Crippen molar-refractivity contribution < 1.29 is 4.79 Å². The van der Waals surface area contributed by atoms with Crippen molar-refractivity contribution in [2.75, 3.05) is 26.7 Å². The Morgan fingerprint density at radius 1 is 1.32 bits per heavy atom. The molecule has 0 spiro atoms. The van der Waals surface area contributed by atoms with Crippen molar-refractivity contribution in [2.24, 2.45) is 5.92 Å². The Hall–Kier alpha value is -0.610. The summed E-state index contributed by atoms with van der Waals surface area (Å²) in [7, 11) is 2.18. The topological polar surface area (TPSA) is 44.4 Å². The number of nitrogens with zero attached hydrogens (tertiary/aromatic N) is 1. The van der Waals surface area contributed by atoms with Crippen molar-refractivity contribution in [3.63, 3.8) is 0 Å². The van der Waals surface area contributed by atoms with Crippen molar-refractivity contribution in [3.8, 4) is 0 Å². The Bertz CT molecular complexity index is 268. The fourth-order valence-corrected chi connectivity index (χ4v) is 2.44. The largest absolute Gasteiger partial charge is 0.355 e. The molecule has 2 unspecified atom stereocenters. The molecule has 4 heteroatoms. The summed E-state index contributed by atoms with van der Waals surface area (Å²) in [6.07, 6.45) is 4.90. The van der Waals surface area contributed by atoms with E-state index in [0.717, 1.165) is 19.5 Å². The van der Waals surface area contributed by atoms with Gasteiger partial charge in [0.2, 0.25) is 5.91 Å². The lowest BCUT2D eigenvalue weighted by atomic mass is 10.0. The molecule has 0 aromatic heterocycles. The monoisotopic (exact) mass is 269 g/mol.